The number of nitriles is 1. The molecule has 1 aromatic carbocycles. The SMILES string of the molecule is N#Cc1ccsc1NC(=O)COC(=O)/C=C/c1cn(-c2ccccc2)nc1-c1cccs1. The van der Waals surface area contributed by atoms with Crippen LogP contribution in [0, 0.1) is 11.3 Å². The highest BCUT2D eigenvalue weighted by atomic mass is 32.1. The third-order valence-corrected chi connectivity index (χ3v) is 6.01. The predicted octanol–water partition coefficient (Wildman–Crippen LogP) is 4.73. The van der Waals surface area contributed by atoms with Crippen molar-refractivity contribution in [3.63, 3.8) is 0 Å². The summed E-state index contributed by atoms with van der Waals surface area (Å²) in [6.45, 7) is -0.451. The van der Waals surface area contributed by atoms with E-state index in [4.69, 9.17) is 10.00 Å². The first-order valence-corrected chi connectivity index (χ1v) is 11.2. The van der Waals surface area contributed by atoms with Crippen molar-refractivity contribution in [3.8, 4) is 22.3 Å². The van der Waals surface area contributed by atoms with Gasteiger partial charge in [-0.2, -0.15) is 10.4 Å². The van der Waals surface area contributed by atoms with Crippen molar-refractivity contribution >= 4 is 45.6 Å². The van der Waals surface area contributed by atoms with Crippen molar-refractivity contribution in [2.45, 2.75) is 0 Å². The van der Waals surface area contributed by atoms with Crippen LogP contribution in [0.3, 0.4) is 0 Å². The number of thiophene rings is 2. The predicted molar refractivity (Wildman–Crippen MR) is 125 cm³/mol. The van der Waals surface area contributed by atoms with Crippen LogP contribution in [0.2, 0.25) is 0 Å². The number of hydrogen-bond acceptors (Lipinski definition) is 7. The molecule has 0 bridgehead atoms. The maximum absolute atomic E-state index is 12.2. The molecule has 0 unspecified atom stereocenters. The zero-order chi connectivity index (χ0) is 22.3. The molecule has 9 heteroatoms. The molecule has 0 radical (unpaired) electrons. The van der Waals surface area contributed by atoms with E-state index in [1.54, 1.807) is 33.5 Å². The molecule has 0 fully saturated rings. The highest BCUT2D eigenvalue weighted by Crippen LogP contribution is 2.28. The summed E-state index contributed by atoms with van der Waals surface area (Å²) in [4.78, 5) is 25.1. The monoisotopic (exact) mass is 460 g/mol. The zero-order valence-electron chi connectivity index (χ0n) is 16.6. The summed E-state index contributed by atoms with van der Waals surface area (Å²) >= 11 is 2.78. The molecule has 0 aliphatic carbocycles. The van der Waals surface area contributed by atoms with Crippen LogP contribution in [-0.4, -0.2) is 28.3 Å². The van der Waals surface area contributed by atoms with E-state index in [2.05, 4.69) is 10.4 Å². The molecular weight excluding hydrogens is 444 g/mol. The molecule has 0 saturated heterocycles. The number of carbonyl (C=O) groups excluding carboxylic acids is 2. The number of para-hydroxylation sites is 1. The Morgan fingerprint density at radius 3 is 2.72 bits per heavy atom. The smallest absolute Gasteiger partial charge is 0.331 e. The largest absolute Gasteiger partial charge is 0.452 e. The highest BCUT2D eigenvalue weighted by molar-refractivity contribution is 7.14. The second-order valence-corrected chi connectivity index (χ2v) is 8.32. The van der Waals surface area contributed by atoms with E-state index in [9.17, 15) is 9.59 Å². The Morgan fingerprint density at radius 2 is 1.97 bits per heavy atom. The molecule has 3 heterocycles. The Bertz CT molecular complexity index is 1300. The van der Waals surface area contributed by atoms with Gasteiger partial charge in [0.15, 0.2) is 6.61 Å². The van der Waals surface area contributed by atoms with Crippen molar-refractivity contribution in [1.29, 1.82) is 5.26 Å². The zero-order valence-corrected chi connectivity index (χ0v) is 18.2. The second kappa shape index (κ2) is 9.87. The molecule has 32 heavy (non-hydrogen) atoms. The number of rotatable bonds is 7. The Labute approximate surface area is 191 Å². The van der Waals surface area contributed by atoms with Crippen molar-refractivity contribution in [2.75, 3.05) is 11.9 Å². The van der Waals surface area contributed by atoms with Crippen molar-refractivity contribution in [2.24, 2.45) is 0 Å². The van der Waals surface area contributed by atoms with E-state index in [0.29, 0.717) is 10.6 Å². The number of aromatic nitrogens is 2. The lowest BCUT2D eigenvalue weighted by Gasteiger charge is -2.03. The van der Waals surface area contributed by atoms with E-state index >= 15 is 0 Å². The molecule has 4 aromatic rings. The van der Waals surface area contributed by atoms with Gasteiger partial charge in [0.2, 0.25) is 0 Å². The maximum atomic E-state index is 12.2. The van der Waals surface area contributed by atoms with Gasteiger partial charge in [0.05, 0.1) is 16.1 Å². The molecule has 3 aromatic heterocycles. The molecular formula is C23H16N4O3S2. The van der Waals surface area contributed by atoms with Gasteiger partial charge in [0, 0.05) is 17.8 Å². The van der Waals surface area contributed by atoms with Crippen molar-refractivity contribution in [3.05, 3.63) is 82.7 Å². The van der Waals surface area contributed by atoms with Gasteiger partial charge in [0.1, 0.15) is 16.8 Å². The van der Waals surface area contributed by atoms with Gasteiger partial charge >= 0.3 is 5.97 Å². The second-order valence-electron chi connectivity index (χ2n) is 6.45. The van der Waals surface area contributed by atoms with Crippen LogP contribution >= 0.6 is 22.7 Å². The lowest BCUT2D eigenvalue weighted by atomic mass is 10.2. The van der Waals surface area contributed by atoms with Gasteiger partial charge in [-0.1, -0.05) is 24.3 Å². The summed E-state index contributed by atoms with van der Waals surface area (Å²) < 4.78 is 6.78. The molecule has 1 amide bonds. The number of ether oxygens (including phenoxy) is 1. The fraction of sp³-hybridized carbons (Fsp3) is 0.0435. The van der Waals surface area contributed by atoms with E-state index in [1.807, 2.05) is 60.1 Å². The quantitative estimate of drug-likeness (QED) is 0.318. The number of carbonyl (C=O) groups is 2. The molecule has 0 aliphatic heterocycles. The molecule has 4 rings (SSSR count). The lowest BCUT2D eigenvalue weighted by Crippen LogP contribution is -2.19. The minimum atomic E-state index is -0.656. The highest BCUT2D eigenvalue weighted by Gasteiger charge is 2.13. The number of nitrogens with one attached hydrogen (secondary N) is 1. The van der Waals surface area contributed by atoms with Crippen molar-refractivity contribution < 1.29 is 14.3 Å². The molecule has 0 saturated carbocycles. The lowest BCUT2D eigenvalue weighted by molar-refractivity contribution is -0.142. The number of benzene rings is 1. The molecule has 0 spiro atoms. The first kappa shape index (κ1) is 21.2. The van der Waals surface area contributed by atoms with E-state index in [-0.39, 0.29) is 0 Å². The Kier molecular flexibility index (Phi) is 6.55. The van der Waals surface area contributed by atoms with E-state index in [1.165, 1.54) is 17.4 Å². The van der Waals surface area contributed by atoms with Gasteiger partial charge in [-0.3, -0.25) is 4.79 Å². The van der Waals surface area contributed by atoms with Crippen LogP contribution in [0.4, 0.5) is 5.00 Å². The third-order valence-electron chi connectivity index (χ3n) is 4.30. The maximum Gasteiger partial charge on any atom is 0.331 e. The first-order chi connectivity index (χ1) is 15.6. The third kappa shape index (κ3) is 5.00. The average Bonchev–Trinajstić information content (AvgIpc) is 3.57. The number of amides is 1. The Morgan fingerprint density at radius 1 is 1.12 bits per heavy atom. The summed E-state index contributed by atoms with van der Waals surface area (Å²) in [5, 5.41) is 20.3. The fourth-order valence-electron chi connectivity index (χ4n) is 2.83. The molecule has 7 nitrogen and oxygen atoms in total. The summed E-state index contributed by atoms with van der Waals surface area (Å²) in [5.74, 6) is -1.17. The molecule has 1 N–H and O–H groups in total. The summed E-state index contributed by atoms with van der Waals surface area (Å²) in [5.41, 5.74) is 2.75. The Balaban J connectivity index is 1.44. The summed E-state index contributed by atoms with van der Waals surface area (Å²) in [6, 6.07) is 17.2. The van der Waals surface area contributed by atoms with Crippen LogP contribution in [0.1, 0.15) is 11.1 Å². The number of esters is 1. The van der Waals surface area contributed by atoms with Gasteiger partial charge in [-0.25, -0.2) is 9.48 Å². The molecule has 0 atom stereocenters. The van der Waals surface area contributed by atoms with Crippen LogP contribution in [-0.2, 0) is 14.3 Å². The minimum absolute atomic E-state index is 0.367. The molecule has 0 aliphatic rings. The number of anilines is 1. The number of nitrogens with zero attached hydrogens (tertiary/aromatic N) is 3. The standard InChI is InChI=1S/C23H16N4O3S2/c24-13-16-10-12-32-23(16)25-20(28)15-30-21(29)9-8-17-14-27(18-5-2-1-3-6-18)26-22(17)19-7-4-11-31-19/h1-12,14H,15H2,(H,25,28)/b9-8+. The minimum Gasteiger partial charge on any atom is -0.452 e. The Hall–Kier alpha value is -4.00. The van der Waals surface area contributed by atoms with Crippen LogP contribution in [0.5, 0.6) is 0 Å². The fourth-order valence-corrected chi connectivity index (χ4v) is 4.31. The van der Waals surface area contributed by atoms with Crippen LogP contribution in [0.25, 0.3) is 22.3 Å². The van der Waals surface area contributed by atoms with Crippen LogP contribution < -0.4 is 5.32 Å². The summed E-state index contributed by atoms with van der Waals surface area (Å²) in [7, 11) is 0. The van der Waals surface area contributed by atoms with Gasteiger partial charge < -0.3 is 10.1 Å². The normalized spacial score (nSPS) is 10.7. The van der Waals surface area contributed by atoms with Gasteiger partial charge in [0.25, 0.3) is 5.91 Å². The van der Waals surface area contributed by atoms with Gasteiger partial charge in [-0.15, -0.1) is 22.7 Å². The molecule has 158 valence electrons. The summed E-state index contributed by atoms with van der Waals surface area (Å²) in [6.07, 6.45) is 4.72. The van der Waals surface area contributed by atoms with E-state index in [0.717, 1.165) is 21.8 Å². The van der Waals surface area contributed by atoms with Crippen molar-refractivity contribution in [1.82, 2.24) is 9.78 Å². The number of hydrogen-bond donors (Lipinski definition) is 1. The van der Waals surface area contributed by atoms with E-state index < -0.39 is 18.5 Å². The topological polar surface area (TPSA) is 97.0 Å². The average molecular weight is 461 g/mol. The first-order valence-electron chi connectivity index (χ1n) is 9.45. The van der Waals surface area contributed by atoms with Gasteiger partial charge in [-0.05, 0) is 41.1 Å². The van der Waals surface area contributed by atoms with Crippen LogP contribution in [0.15, 0.2) is 71.6 Å².